The average molecular weight is 294 g/mol. The first kappa shape index (κ1) is 12.2. The van der Waals surface area contributed by atoms with E-state index in [1.807, 2.05) is 13.0 Å². The van der Waals surface area contributed by atoms with Crippen molar-refractivity contribution in [3.05, 3.63) is 41.8 Å². The van der Waals surface area contributed by atoms with Gasteiger partial charge in [0.1, 0.15) is 5.76 Å². The van der Waals surface area contributed by atoms with Crippen molar-refractivity contribution in [1.82, 2.24) is 24.7 Å². The minimum Gasteiger partial charge on any atom is -0.468 e. The van der Waals surface area contributed by atoms with Crippen molar-refractivity contribution in [1.29, 1.82) is 0 Å². The van der Waals surface area contributed by atoms with Crippen LogP contribution in [0, 0.1) is 6.92 Å². The maximum Gasteiger partial charge on any atom is 0.255 e. The van der Waals surface area contributed by atoms with Crippen molar-refractivity contribution in [2.45, 2.75) is 17.0 Å². The summed E-state index contributed by atoms with van der Waals surface area (Å²) < 4.78 is 6.75. The topological polar surface area (TPSA) is 69.6 Å². The summed E-state index contributed by atoms with van der Waals surface area (Å²) in [7, 11) is 0. The van der Waals surface area contributed by atoms with E-state index in [2.05, 4.69) is 20.1 Å². The summed E-state index contributed by atoms with van der Waals surface area (Å²) in [5.41, 5.74) is 0. The first-order valence-electron chi connectivity index (χ1n) is 5.36. The van der Waals surface area contributed by atoms with Crippen LogP contribution in [0.2, 0.25) is 5.28 Å². The molecular weight excluding hydrogens is 286 g/mol. The normalized spacial score (nSPS) is 10.8. The van der Waals surface area contributed by atoms with Crippen molar-refractivity contribution in [2.75, 3.05) is 0 Å². The first-order valence-corrected chi connectivity index (χ1v) is 6.55. The van der Waals surface area contributed by atoms with Crippen molar-refractivity contribution in [2.24, 2.45) is 0 Å². The number of aromatic nitrogens is 5. The number of halogens is 1. The van der Waals surface area contributed by atoms with Gasteiger partial charge in [0.15, 0.2) is 5.16 Å². The van der Waals surface area contributed by atoms with Gasteiger partial charge in [-0.25, -0.2) is 4.68 Å². The monoisotopic (exact) mass is 293 g/mol. The van der Waals surface area contributed by atoms with Crippen LogP contribution in [0.3, 0.4) is 0 Å². The second kappa shape index (κ2) is 5.02. The Morgan fingerprint density at radius 3 is 2.89 bits per heavy atom. The summed E-state index contributed by atoms with van der Waals surface area (Å²) >= 11 is 7.27. The highest BCUT2D eigenvalue weighted by Gasteiger charge is 2.11. The van der Waals surface area contributed by atoms with E-state index >= 15 is 0 Å². The molecule has 3 aromatic rings. The van der Waals surface area contributed by atoms with Crippen molar-refractivity contribution in [3.63, 3.8) is 0 Å². The van der Waals surface area contributed by atoms with E-state index < -0.39 is 0 Å². The third kappa shape index (κ3) is 2.61. The molecule has 3 aromatic heterocycles. The summed E-state index contributed by atoms with van der Waals surface area (Å²) in [5.74, 6) is 1.19. The highest BCUT2D eigenvalue weighted by Crippen LogP contribution is 2.29. The molecule has 0 aromatic carbocycles. The van der Waals surface area contributed by atoms with Gasteiger partial charge in [0.25, 0.3) is 5.95 Å². The molecule has 3 rings (SSSR count). The van der Waals surface area contributed by atoms with E-state index in [1.165, 1.54) is 16.4 Å². The molecule has 0 saturated carbocycles. The molecule has 0 spiro atoms. The van der Waals surface area contributed by atoms with Crippen LogP contribution in [-0.4, -0.2) is 24.7 Å². The van der Waals surface area contributed by atoms with E-state index in [-0.39, 0.29) is 5.28 Å². The minimum absolute atomic E-state index is 0.129. The Morgan fingerprint density at radius 2 is 2.21 bits per heavy atom. The van der Waals surface area contributed by atoms with E-state index in [4.69, 9.17) is 16.0 Å². The van der Waals surface area contributed by atoms with Gasteiger partial charge >= 0.3 is 0 Å². The van der Waals surface area contributed by atoms with Crippen molar-refractivity contribution in [3.8, 4) is 5.95 Å². The molecule has 19 heavy (non-hydrogen) atoms. The van der Waals surface area contributed by atoms with Crippen LogP contribution in [0.25, 0.3) is 5.95 Å². The maximum atomic E-state index is 5.91. The molecule has 0 radical (unpaired) electrons. The Balaban J connectivity index is 1.96. The second-order valence-corrected chi connectivity index (χ2v) is 4.93. The Bertz CT molecular complexity index is 697. The van der Waals surface area contributed by atoms with Gasteiger partial charge in [0.05, 0.1) is 11.2 Å². The van der Waals surface area contributed by atoms with Crippen LogP contribution in [-0.2, 0) is 0 Å². The fraction of sp³-hybridized carbons (Fsp3) is 0.0909. The van der Waals surface area contributed by atoms with Crippen molar-refractivity contribution < 1.29 is 4.42 Å². The highest BCUT2D eigenvalue weighted by atomic mass is 35.5. The quantitative estimate of drug-likeness (QED) is 0.739. The van der Waals surface area contributed by atoms with Gasteiger partial charge in [0, 0.05) is 12.4 Å². The molecule has 8 heteroatoms. The summed E-state index contributed by atoms with van der Waals surface area (Å²) in [6.07, 6.45) is 5.00. The fourth-order valence-corrected chi connectivity index (χ4v) is 2.41. The molecule has 0 amide bonds. The minimum atomic E-state index is 0.129. The van der Waals surface area contributed by atoms with Gasteiger partial charge < -0.3 is 4.42 Å². The lowest BCUT2D eigenvalue weighted by atomic mass is 10.5. The molecule has 3 heterocycles. The summed E-state index contributed by atoms with van der Waals surface area (Å²) in [6, 6.07) is 3.63. The third-order valence-corrected chi connectivity index (χ3v) is 3.48. The third-order valence-electron chi connectivity index (χ3n) is 2.30. The van der Waals surface area contributed by atoms with Gasteiger partial charge in [0.2, 0.25) is 5.28 Å². The number of hydrogen-bond donors (Lipinski definition) is 0. The Kier molecular flexibility index (Phi) is 3.22. The molecule has 0 aliphatic rings. The fourth-order valence-electron chi connectivity index (χ4n) is 1.43. The predicted molar refractivity (Wildman–Crippen MR) is 69.5 cm³/mol. The van der Waals surface area contributed by atoms with E-state index in [1.54, 1.807) is 24.7 Å². The number of nitrogens with zero attached hydrogens (tertiary/aromatic N) is 5. The maximum absolute atomic E-state index is 5.91. The van der Waals surface area contributed by atoms with Gasteiger partial charge in [-0.3, -0.25) is 0 Å². The molecule has 96 valence electrons. The zero-order valence-corrected chi connectivity index (χ0v) is 11.4. The molecule has 0 atom stereocenters. The van der Waals surface area contributed by atoms with Crippen LogP contribution >= 0.6 is 23.4 Å². The zero-order chi connectivity index (χ0) is 13.2. The number of rotatable bonds is 3. The molecule has 6 nitrogen and oxygen atoms in total. The van der Waals surface area contributed by atoms with Gasteiger partial charge in [-0.05, 0) is 42.4 Å². The van der Waals surface area contributed by atoms with Crippen LogP contribution < -0.4 is 0 Å². The van der Waals surface area contributed by atoms with Crippen molar-refractivity contribution >= 4 is 23.4 Å². The number of furan rings is 1. The van der Waals surface area contributed by atoms with Gasteiger partial charge in [-0.2, -0.15) is 20.1 Å². The molecule has 0 fully saturated rings. The molecule has 0 aliphatic heterocycles. The van der Waals surface area contributed by atoms with E-state index in [0.29, 0.717) is 11.1 Å². The van der Waals surface area contributed by atoms with Crippen LogP contribution in [0.15, 0.2) is 45.3 Å². The lowest BCUT2D eigenvalue weighted by Crippen LogP contribution is -2.04. The molecular formula is C11H8ClN5OS. The SMILES string of the molecule is Cc1occc1Sc1nc(Cl)nc(-n2cccn2)n1. The molecule has 0 aliphatic carbocycles. The van der Waals surface area contributed by atoms with Gasteiger partial charge in [-0.15, -0.1) is 0 Å². The predicted octanol–water partition coefficient (Wildman–Crippen LogP) is 2.76. The van der Waals surface area contributed by atoms with Gasteiger partial charge in [-0.1, -0.05) is 0 Å². The van der Waals surface area contributed by atoms with E-state index in [9.17, 15) is 0 Å². The van der Waals surface area contributed by atoms with Crippen LogP contribution in [0.4, 0.5) is 0 Å². The highest BCUT2D eigenvalue weighted by molar-refractivity contribution is 7.99. The second-order valence-electron chi connectivity index (χ2n) is 3.58. The zero-order valence-electron chi connectivity index (χ0n) is 9.82. The molecule has 0 saturated heterocycles. The summed E-state index contributed by atoms with van der Waals surface area (Å²) in [4.78, 5) is 13.4. The van der Waals surface area contributed by atoms with E-state index in [0.717, 1.165) is 10.7 Å². The largest absolute Gasteiger partial charge is 0.468 e. The molecule has 0 unspecified atom stereocenters. The lowest BCUT2D eigenvalue weighted by Gasteiger charge is -2.03. The average Bonchev–Trinajstić information content (AvgIpc) is 3.01. The number of hydrogen-bond acceptors (Lipinski definition) is 6. The first-order chi connectivity index (χ1) is 9.22. The summed E-state index contributed by atoms with van der Waals surface area (Å²) in [6.45, 7) is 1.87. The Morgan fingerprint density at radius 1 is 1.32 bits per heavy atom. The summed E-state index contributed by atoms with van der Waals surface area (Å²) in [5, 5.41) is 4.68. The molecule has 0 N–H and O–H groups in total. The Hall–Kier alpha value is -1.86. The lowest BCUT2D eigenvalue weighted by molar-refractivity contribution is 0.527. The Labute approximate surface area is 117 Å². The number of aryl methyl sites for hydroxylation is 1. The van der Waals surface area contributed by atoms with Crippen LogP contribution in [0.5, 0.6) is 0 Å². The standard InChI is InChI=1S/C11H8ClN5OS/c1-7-8(3-6-18-7)19-11-15-9(12)14-10(16-11)17-5-2-4-13-17/h2-6H,1H3. The molecule has 0 bridgehead atoms. The van der Waals surface area contributed by atoms with Crippen LogP contribution in [0.1, 0.15) is 5.76 Å². The smallest absolute Gasteiger partial charge is 0.255 e.